The maximum absolute atomic E-state index is 12.8. The molecule has 0 unspecified atom stereocenters. The fourth-order valence-electron chi connectivity index (χ4n) is 4.22. The highest BCUT2D eigenvalue weighted by Crippen LogP contribution is 2.31. The largest absolute Gasteiger partial charge is 1.00 e. The van der Waals surface area contributed by atoms with E-state index in [1.54, 1.807) is 36.4 Å². The summed E-state index contributed by atoms with van der Waals surface area (Å²) in [5, 5.41) is 15.7. The van der Waals surface area contributed by atoms with Crippen molar-refractivity contribution in [3.63, 3.8) is 0 Å². The summed E-state index contributed by atoms with van der Waals surface area (Å²) in [6.07, 6.45) is 8.40. The van der Waals surface area contributed by atoms with Gasteiger partial charge in [0.05, 0.1) is 5.39 Å². The van der Waals surface area contributed by atoms with Crippen LogP contribution >= 0.6 is 0 Å². The second kappa shape index (κ2) is 12.5. The molecule has 0 fully saturated rings. The first-order valence-corrected chi connectivity index (χ1v) is 12.2. The Balaban J connectivity index is 0.00000342. The van der Waals surface area contributed by atoms with E-state index in [0.29, 0.717) is 28.6 Å². The molecule has 4 aromatic rings. The first-order chi connectivity index (χ1) is 16.6. The fraction of sp³-hybridized carbons (Fsp3) is 0.310. The molecular weight excluding hydrogens is 506 g/mol. The molecule has 0 aliphatic heterocycles. The van der Waals surface area contributed by atoms with E-state index in [1.807, 2.05) is 24.3 Å². The number of fused-ring (bicyclic) bond motifs is 2. The van der Waals surface area contributed by atoms with Gasteiger partial charge in [-0.15, -0.1) is 0 Å². The van der Waals surface area contributed by atoms with Crippen LogP contribution in [0.3, 0.4) is 0 Å². The lowest BCUT2D eigenvalue weighted by molar-refractivity contribution is -0.0000165. The Kier molecular flexibility index (Phi) is 9.49. The smallest absolute Gasteiger partial charge is 0.251 e. The van der Waals surface area contributed by atoms with Crippen LogP contribution in [-0.4, -0.2) is 17.6 Å². The van der Waals surface area contributed by atoms with Gasteiger partial charge >= 0.3 is 0 Å². The summed E-state index contributed by atoms with van der Waals surface area (Å²) in [6.45, 7) is 2.87. The van der Waals surface area contributed by atoms with Crippen LogP contribution in [0.1, 0.15) is 62.2 Å². The number of carbonyl (C=O) groups is 1. The number of benzene rings is 3. The van der Waals surface area contributed by atoms with E-state index in [1.165, 1.54) is 32.1 Å². The normalized spacial score (nSPS) is 10.9. The number of carbonyl (C=O) groups excluding carboxylic acids is 1. The minimum atomic E-state index is -0.474. The van der Waals surface area contributed by atoms with Gasteiger partial charge in [0.25, 0.3) is 5.91 Å². The molecule has 35 heavy (non-hydrogen) atoms. The van der Waals surface area contributed by atoms with Gasteiger partial charge in [0.2, 0.25) is 11.2 Å². The molecule has 0 bridgehead atoms. The third kappa shape index (κ3) is 6.31. The minimum absolute atomic E-state index is 0. The number of amides is 1. The fourth-order valence-corrected chi connectivity index (χ4v) is 4.22. The third-order valence-electron chi connectivity index (χ3n) is 6.21. The van der Waals surface area contributed by atoms with Crippen LogP contribution in [0.4, 0.5) is 0 Å². The summed E-state index contributed by atoms with van der Waals surface area (Å²) in [4.78, 5) is 25.3. The summed E-state index contributed by atoms with van der Waals surface area (Å²) >= 11 is 0. The Hall–Kier alpha value is -3.12. The van der Waals surface area contributed by atoms with Crippen molar-refractivity contribution < 1.29 is 31.3 Å². The molecule has 0 radical (unpaired) electrons. The van der Waals surface area contributed by atoms with Crippen molar-refractivity contribution in [1.82, 2.24) is 5.32 Å². The molecule has 0 saturated carbocycles. The minimum Gasteiger partial charge on any atom is -1.00 e. The van der Waals surface area contributed by atoms with Gasteiger partial charge in [-0.05, 0) is 41.5 Å². The molecule has 0 atom stereocenters. The molecule has 0 aliphatic rings. The van der Waals surface area contributed by atoms with Crippen LogP contribution in [0, 0.1) is 0 Å². The van der Waals surface area contributed by atoms with Gasteiger partial charge < -0.3 is 31.8 Å². The van der Waals surface area contributed by atoms with Gasteiger partial charge in [0.15, 0.2) is 5.76 Å². The van der Waals surface area contributed by atoms with Crippen molar-refractivity contribution in [3.05, 3.63) is 76.5 Å². The maximum atomic E-state index is 12.8. The lowest BCUT2D eigenvalue weighted by Crippen LogP contribution is -3.00. The molecule has 184 valence electrons. The molecule has 0 spiro atoms. The molecule has 5 nitrogen and oxygen atoms in total. The van der Waals surface area contributed by atoms with Crippen LogP contribution in [0.2, 0.25) is 0 Å². The summed E-state index contributed by atoms with van der Waals surface area (Å²) in [5.41, 5.74) is 1.00. The van der Waals surface area contributed by atoms with E-state index in [9.17, 15) is 14.7 Å². The molecule has 4 rings (SSSR count). The predicted molar refractivity (Wildman–Crippen MR) is 137 cm³/mol. The highest BCUT2D eigenvalue weighted by Gasteiger charge is 2.16. The second-order valence-electron chi connectivity index (χ2n) is 8.76. The van der Waals surface area contributed by atoms with E-state index in [4.69, 9.17) is 4.42 Å². The zero-order valence-electron chi connectivity index (χ0n) is 20.0. The Morgan fingerprint density at radius 2 is 1.51 bits per heavy atom. The van der Waals surface area contributed by atoms with Crippen molar-refractivity contribution in [2.75, 3.05) is 6.54 Å². The van der Waals surface area contributed by atoms with E-state index < -0.39 is 11.2 Å². The summed E-state index contributed by atoms with van der Waals surface area (Å²) in [7, 11) is 0. The number of unbranched alkanes of at least 4 members (excludes halogenated alkanes) is 6. The van der Waals surface area contributed by atoms with E-state index >= 15 is 0 Å². The number of rotatable bonds is 10. The Labute approximate surface area is 215 Å². The zero-order chi connectivity index (χ0) is 23.9. The van der Waals surface area contributed by atoms with Gasteiger partial charge in [-0.3, -0.25) is 9.59 Å². The van der Waals surface area contributed by atoms with E-state index in [2.05, 4.69) is 12.2 Å². The standard InChI is InChI=1S/C29H31NO4.BrH/c1-2-3-4-5-6-7-10-17-30-29(33)21-15-13-20(14-16-21)28-27(32)26(31)24-18-22-11-8-9-12-23(22)19-25(24)34-28;/h8-9,11-16,18-19,32H,2-7,10,17H2,1H3,(H,30,33);1H/p-1. The molecule has 0 saturated heterocycles. The average molecular weight is 537 g/mol. The third-order valence-corrected chi connectivity index (χ3v) is 6.21. The monoisotopic (exact) mass is 536 g/mol. The van der Waals surface area contributed by atoms with Crippen molar-refractivity contribution in [1.29, 1.82) is 0 Å². The molecule has 1 amide bonds. The van der Waals surface area contributed by atoms with Gasteiger partial charge in [-0.1, -0.05) is 81.8 Å². The molecule has 2 N–H and O–H groups in total. The first-order valence-electron chi connectivity index (χ1n) is 12.2. The summed E-state index contributed by atoms with van der Waals surface area (Å²) in [6, 6.07) is 18.0. The maximum Gasteiger partial charge on any atom is 0.251 e. The summed E-state index contributed by atoms with van der Waals surface area (Å²) in [5.74, 6) is -0.463. The Bertz CT molecular complexity index is 1340. The number of aromatic hydroxyl groups is 1. The molecule has 6 heteroatoms. The molecule has 3 aromatic carbocycles. The highest BCUT2D eigenvalue weighted by atomic mass is 79.9. The summed E-state index contributed by atoms with van der Waals surface area (Å²) < 4.78 is 5.94. The number of nitrogens with one attached hydrogen (secondary N) is 1. The Morgan fingerprint density at radius 1 is 0.886 bits per heavy atom. The molecule has 1 aromatic heterocycles. The zero-order valence-corrected chi connectivity index (χ0v) is 21.6. The van der Waals surface area contributed by atoms with Gasteiger partial charge in [-0.2, -0.15) is 0 Å². The predicted octanol–water partition coefficient (Wildman–Crippen LogP) is 3.80. The van der Waals surface area contributed by atoms with Crippen LogP contribution in [-0.2, 0) is 0 Å². The second-order valence-corrected chi connectivity index (χ2v) is 8.76. The number of hydrogen-bond acceptors (Lipinski definition) is 4. The lowest BCUT2D eigenvalue weighted by Gasteiger charge is -2.09. The van der Waals surface area contributed by atoms with Gasteiger partial charge in [-0.25, -0.2) is 0 Å². The topological polar surface area (TPSA) is 79.5 Å². The van der Waals surface area contributed by atoms with Crippen LogP contribution in [0.25, 0.3) is 33.1 Å². The van der Waals surface area contributed by atoms with Crippen molar-refractivity contribution in [2.45, 2.75) is 51.9 Å². The molecule has 0 aliphatic carbocycles. The lowest BCUT2D eigenvalue weighted by atomic mass is 10.0. The van der Waals surface area contributed by atoms with E-state index in [0.717, 1.165) is 23.6 Å². The first kappa shape index (κ1) is 26.5. The SMILES string of the molecule is CCCCCCCCCNC(=O)c1ccc(-c2oc3cc4ccccc4cc3c(=O)c2O)cc1.[Br-]. The van der Waals surface area contributed by atoms with Gasteiger partial charge in [0.1, 0.15) is 5.58 Å². The number of halogens is 1. The average Bonchev–Trinajstić information content (AvgIpc) is 2.87. The molecular formula is C29H31BrNO4-. The highest BCUT2D eigenvalue weighted by molar-refractivity contribution is 5.97. The number of hydrogen-bond donors (Lipinski definition) is 2. The van der Waals surface area contributed by atoms with Crippen LogP contribution < -0.4 is 27.7 Å². The van der Waals surface area contributed by atoms with Crippen LogP contribution in [0.15, 0.2) is 69.9 Å². The Morgan fingerprint density at radius 3 is 2.20 bits per heavy atom. The quantitative estimate of drug-likeness (QED) is 0.238. The van der Waals surface area contributed by atoms with Gasteiger partial charge in [0, 0.05) is 17.7 Å². The van der Waals surface area contributed by atoms with Crippen molar-refractivity contribution in [2.24, 2.45) is 0 Å². The molecule has 1 heterocycles. The van der Waals surface area contributed by atoms with Crippen LogP contribution in [0.5, 0.6) is 5.75 Å². The van der Waals surface area contributed by atoms with Crippen molar-refractivity contribution in [3.8, 4) is 17.1 Å². The van der Waals surface area contributed by atoms with E-state index in [-0.39, 0.29) is 28.6 Å². The van der Waals surface area contributed by atoms with Crippen molar-refractivity contribution >= 4 is 27.6 Å².